The summed E-state index contributed by atoms with van der Waals surface area (Å²) in [5.41, 5.74) is 0. The molecule has 370 valence electrons. The molecule has 0 aromatic heterocycles. The van der Waals surface area contributed by atoms with Gasteiger partial charge in [-0.05, 0) is 122 Å². The van der Waals surface area contributed by atoms with Crippen molar-refractivity contribution in [3.05, 3.63) is 146 Å². The minimum atomic E-state index is -0.603. The van der Waals surface area contributed by atoms with Gasteiger partial charge in [0.05, 0.1) is 13.2 Å². The molecule has 0 bridgehead atoms. The second kappa shape index (κ2) is 55.1. The Morgan fingerprint density at radius 3 is 1.02 bits per heavy atom. The molecule has 0 aliphatic heterocycles. The van der Waals surface area contributed by atoms with Gasteiger partial charge in [-0.2, -0.15) is 0 Å². The van der Waals surface area contributed by atoms with E-state index in [4.69, 9.17) is 14.2 Å². The van der Waals surface area contributed by atoms with E-state index in [0.717, 1.165) is 141 Å². The van der Waals surface area contributed by atoms with Crippen molar-refractivity contribution in [1.82, 2.24) is 0 Å². The molecule has 0 saturated heterocycles. The SMILES string of the molecule is CC/C=C\C/C=C\C/C=C\C/C=C\C/C=C\CCOCC(COC(=O)CCCCCC/C=C\C/C=C\C/C=C\C/C=C\CC)OC(=O)CCCCCCCCC/C=C\C/C=C\C/C=C\CC. The average molecular weight is 909 g/mol. The van der Waals surface area contributed by atoms with Crippen LogP contribution >= 0.6 is 0 Å². The van der Waals surface area contributed by atoms with Crippen molar-refractivity contribution in [1.29, 1.82) is 0 Å². The Balaban J connectivity index is 4.48. The first-order chi connectivity index (χ1) is 32.6. The molecular formula is C61H96O5. The van der Waals surface area contributed by atoms with Crippen molar-refractivity contribution >= 4 is 11.9 Å². The van der Waals surface area contributed by atoms with Crippen LogP contribution in [-0.2, 0) is 23.8 Å². The van der Waals surface area contributed by atoms with Gasteiger partial charge in [0.15, 0.2) is 6.10 Å². The van der Waals surface area contributed by atoms with E-state index in [1.54, 1.807) is 0 Å². The molecule has 0 fully saturated rings. The molecule has 5 nitrogen and oxygen atoms in total. The van der Waals surface area contributed by atoms with Gasteiger partial charge in [0.1, 0.15) is 6.61 Å². The van der Waals surface area contributed by atoms with Crippen LogP contribution in [0.25, 0.3) is 0 Å². The summed E-state index contributed by atoms with van der Waals surface area (Å²) in [6.45, 7) is 7.22. The Morgan fingerprint density at radius 1 is 0.333 bits per heavy atom. The van der Waals surface area contributed by atoms with Crippen molar-refractivity contribution in [3.8, 4) is 0 Å². The maximum atomic E-state index is 12.8. The third kappa shape index (κ3) is 52.4. The molecule has 66 heavy (non-hydrogen) atoms. The predicted octanol–water partition coefficient (Wildman–Crippen LogP) is 18.1. The van der Waals surface area contributed by atoms with Crippen molar-refractivity contribution in [2.75, 3.05) is 19.8 Å². The third-order valence-electron chi connectivity index (χ3n) is 10.4. The molecular weight excluding hydrogens is 813 g/mol. The highest BCUT2D eigenvalue weighted by Crippen LogP contribution is 2.12. The summed E-state index contributed by atoms with van der Waals surface area (Å²) in [6.07, 6.45) is 80.2. The fourth-order valence-corrected chi connectivity index (χ4v) is 6.58. The smallest absolute Gasteiger partial charge is 0.306 e. The van der Waals surface area contributed by atoms with Crippen LogP contribution in [0.2, 0.25) is 0 Å². The summed E-state index contributed by atoms with van der Waals surface area (Å²) in [5, 5.41) is 0. The Labute approximate surface area is 406 Å². The Bertz CT molecular complexity index is 1450. The van der Waals surface area contributed by atoms with Gasteiger partial charge in [-0.1, -0.05) is 212 Å². The van der Waals surface area contributed by atoms with Gasteiger partial charge in [-0.25, -0.2) is 0 Å². The minimum absolute atomic E-state index is 0.0284. The van der Waals surface area contributed by atoms with Crippen molar-refractivity contribution < 1.29 is 23.8 Å². The molecule has 0 aromatic carbocycles. The second-order valence-corrected chi connectivity index (χ2v) is 16.6. The van der Waals surface area contributed by atoms with Crippen LogP contribution in [0, 0.1) is 0 Å². The zero-order chi connectivity index (χ0) is 47.7. The standard InChI is InChI=1S/C61H96O5/c1-4-7-10-13-16-19-22-25-28-31-33-36-39-42-45-48-51-54-60(62)65-58-59(57-64-56-53-50-47-44-41-38-35-30-27-24-21-18-15-12-9-6-3)66-61(63)55-52-49-46-43-40-37-34-32-29-26-23-20-17-14-11-8-5-2/h7-12,16-21,25-30,33,36,38,41,47,50,59H,4-6,13-15,22-24,31-32,34-35,37,39-40,42-46,48-49,51-58H2,1-3H3/b10-7-,11-8-,12-9-,19-16-,20-17-,21-18-,28-25-,29-26-,30-27-,36-33-,41-38-,50-47-. The third-order valence-corrected chi connectivity index (χ3v) is 10.4. The fourth-order valence-electron chi connectivity index (χ4n) is 6.58. The van der Waals surface area contributed by atoms with E-state index < -0.39 is 6.10 Å². The lowest BCUT2D eigenvalue weighted by Crippen LogP contribution is -2.30. The van der Waals surface area contributed by atoms with E-state index in [-0.39, 0.29) is 25.2 Å². The van der Waals surface area contributed by atoms with Gasteiger partial charge in [0.25, 0.3) is 0 Å². The van der Waals surface area contributed by atoms with Crippen LogP contribution < -0.4 is 0 Å². The maximum Gasteiger partial charge on any atom is 0.306 e. The maximum absolute atomic E-state index is 12.8. The molecule has 0 radical (unpaired) electrons. The van der Waals surface area contributed by atoms with Crippen molar-refractivity contribution in [2.45, 2.75) is 207 Å². The molecule has 5 heteroatoms. The van der Waals surface area contributed by atoms with Gasteiger partial charge in [0.2, 0.25) is 0 Å². The second-order valence-electron chi connectivity index (χ2n) is 16.6. The van der Waals surface area contributed by atoms with Gasteiger partial charge in [-0.15, -0.1) is 0 Å². The highest BCUT2D eigenvalue weighted by Gasteiger charge is 2.17. The summed E-state index contributed by atoms with van der Waals surface area (Å²) < 4.78 is 17.3. The molecule has 0 spiro atoms. The summed E-state index contributed by atoms with van der Waals surface area (Å²) in [4.78, 5) is 25.4. The molecule has 0 aliphatic rings. The van der Waals surface area contributed by atoms with E-state index in [1.165, 1.54) is 25.7 Å². The number of esters is 2. The molecule has 0 N–H and O–H groups in total. The van der Waals surface area contributed by atoms with Crippen LogP contribution in [0.1, 0.15) is 201 Å². The molecule has 0 heterocycles. The first-order valence-electron chi connectivity index (χ1n) is 26.4. The number of carbonyl (C=O) groups excluding carboxylic acids is 2. The van der Waals surface area contributed by atoms with Crippen LogP contribution in [0.4, 0.5) is 0 Å². The van der Waals surface area contributed by atoms with E-state index in [2.05, 4.69) is 167 Å². The predicted molar refractivity (Wildman–Crippen MR) is 288 cm³/mol. The largest absolute Gasteiger partial charge is 0.462 e. The van der Waals surface area contributed by atoms with E-state index in [9.17, 15) is 9.59 Å². The van der Waals surface area contributed by atoms with Gasteiger partial charge >= 0.3 is 11.9 Å². The zero-order valence-electron chi connectivity index (χ0n) is 42.4. The van der Waals surface area contributed by atoms with Crippen LogP contribution in [0.5, 0.6) is 0 Å². The number of carbonyl (C=O) groups is 2. The Morgan fingerprint density at radius 2 is 0.636 bits per heavy atom. The van der Waals surface area contributed by atoms with Crippen molar-refractivity contribution in [2.24, 2.45) is 0 Å². The lowest BCUT2D eigenvalue weighted by atomic mass is 10.1. The molecule has 0 aromatic rings. The molecule has 0 aliphatic carbocycles. The quantitative estimate of drug-likeness (QED) is 0.0346. The van der Waals surface area contributed by atoms with Gasteiger partial charge < -0.3 is 14.2 Å². The van der Waals surface area contributed by atoms with Gasteiger partial charge in [0, 0.05) is 12.8 Å². The lowest BCUT2D eigenvalue weighted by molar-refractivity contribution is -0.162. The average Bonchev–Trinajstić information content (AvgIpc) is 3.32. The summed E-state index contributed by atoms with van der Waals surface area (Å²) >= 11 is 0. The number of unbranched alkanes of at least 4 members (excludes halogenated alkanes) is 11. The molecule has 1 unspecified atom stereocenters. The van der Waals surface area contributed by atoms with E-state index in [0.29, 0.717) is 19.4 Å². The van der Waals surface area contributed by atoms with Crippen molar-refractivity contribution in [3.63, 3.8) is 0 Å². The first-order valence-corrected chi connectivity index (χ1v) is 26.4. The number of rotatable bonds is 46. The van der Waals surface area contributed by atoms with Crippen LogP contribution in [-0.4, -0.2) is 37.9 Å². The fraction of sp³-hybridized carbons (Fsp3) is 0.574. The highest BCUT2D eigenvalue weighted by atomic mass is 16.6. The lowest BCUT2D eigenvalue weighted by Gasteiger charge is -2.18. The topological polar surface area (TPSA) is 61.8 Å². The van der Waals surface area contributed by atoms with Crippen LogP contribution in [0.15, 0.2) is 146 Å². The first kappa shape index (κ1) is 61.8. The van der Waals surface area contributed by atoms with Gasteiger partial charge in [-0.3, -0.25) is 9.59 Å². The number of allylic oxidation sites excluding steroid dienone is 23. The normalized spacial score (nSPS) is 13.4. The number of ether oxygens (including phenoxy) is 3. The van der Waals surface area contributed by atoms with E-state index >= 15 is 0 Å². The molecule has 1 atom stereocenters. The summed E-state index contributed by atoms with van der Waals surface area (Å²) in [6, 6.07) is 0. The van der Waals surface area contributed by atoms with E-state index in [1.807, 2.05) is 0 Å². The Kier molecular flexibility index (Phi) is 51.6. The molecule has 0 saturated carbocycles. The monoisotopic (exact) mass is 909 g/mol. The number of hydrogen-bond donors (Lipinski definition) is 0. The minimum Gasteiger partial charge on any atom is -0.462 e. The summed E-state index contributed by atoms with van der Waals surface area (Å²) in [5.74, 6) is -0.488. The number of hydrogen-bond acceptors (Lipinski definition) is 5. The highest BCUT2D eigenvalue weighted by molar-refractivity contribution is 5.70. The zero-order valence-corrected chi connectivity index (χ0v) is 42.4. The molecule has 0 amide bonds. The Hall–Kier alpha value is -4.22. The summed E-state index contributed by atoms with van der Waals surface area (Å²) in [7, 11) is 0. The molecule has 0 rings (SSSR count). The van der Waals surface area contributed by atoms with Crippen LogP contribution in [0.3, 0.4) is 0 Å².